The van der Waals surface area contributed by atoms with E-state index < -0.39 is 0 Å². The molecule has 0 radical (unpaired) electrons. The van der Waals surface area contributed by atoms with Crippen molar-refractivity contribution in [2.45, 2.75) is 26.3 Å². The lowest BCUT2D eigenvalue weighted by Crippen LogP contribution is -2.29. The van der Waals surface area contributed by atoms with Gasteiger partial charge in [-0.2, -0.15) is 0 Å². The highest BCUT2D eigenvalue weighted by molar-refractivity contribution is 4.90. The maximum atomic E-state index is 5.25. The van der Waals surface area contributed by atoms with Gasteiger partial charge in [0.05, 0.1) is 0 Å². The van der Waals surface area contributed by atoms with E-state index in [1.807, 2.05) is 20.8 Å². The van der Waals surface area contributed by atoms with Crippen LogP contribution in [0.15, 0.2) is 0 Å². The number of hydrogen-bond donors (Lipinski definition) is 1. The maximum absolute atomic E-state index is 5.25. The van der Waals surface area contributed by atoms with Crippen LogP contribution in [0.1, 0.15) is 20.8 Å². The molecule has 0 amide bonds. The quantitative estimate of drug-likeness (QED) is 0.408. The Labute approximate surface area is 50.8 Å². The highest BCUT2D eigenvalue weighted by Crippen LogP contribution is 2.12. The van der Waals surface area contributed by atoms with Gasteiger partial charge in [0, 0.05) is 0 Å². The molecule has 0 aromatic rings. The van der Waals surface area contributed by atoms with Crippen molar-refractivity contribution in [3.63, 3.8) is 0 Å². The Bertz CT molecular complexity index is 62.6. The van der Waals surface area contributed by atoms with Gasteiger partial charge in [-0.05, 0) is 7.05 Å². The van der Waals surface area contributed by atoms with Gasteiger partial charge >= 0.3 is 0 Å². The highest BCUT2D eigenvalue weighted by Gasteiger charge is 1.94. The molecule has 3 nitrogen and oxygen atoms in total. The van der Waals surface area contributed by atoms with Gasteiger partial charge in [-0.1, -0.05) is 20.8 Å². The molecule has 0 rings (SSSR count). The summed E-state index contributed by atoms with van der Waals surface area (Å²) < 4.78 is 0. The second-order valence-corrected chi connectivity index (χ2v) is 2.84. The van der Waals surface area contributed by atoms with Gasteiger partial charge in [-0.15, -0.1) is 5.54 Å². The van der Waals surface area contributed by atoms with Crippen LogP contribution in [0.2, 0.25) is 0 Å². The molecule has 0 aromatic heterocycles. The van der Waals surface area contributed by atoms with Gasteiger partial charge in [0.2, 0.25) is 0 Å². The van der Waals surface area contributed by atoms with Crippen LogP contribution in [0, 0.1) is 0 Å². The van der Waals surface area contributed by atoms with Crippen molar-refractivity contribution >= 4 is 0 Å². The summed E-state index contributed by atoms with van der Waals surface area (Å²) in [7, 11) is 1.71. The molecule has 0 aliphatic rings. The van der Waals surface area contributed by atoms with Crippen LogP contribution in [0.25, 0.3) is 5.43 Å². The zero-order chi connectivity index (χ0) is 6.78. The minimum atomic E-state index is -0.0521. The summed E-state index contributed by atoms with van der Waals surface area (Å²) in [5, 5.41) is 1.33. The van der Waals surface area contributed by atoms with Gasteiger partial charge in [-0.3, -0.25) is 5.84 Å². The van der Waals surface area contributed by atoms with Gasteiger partial charge in [0.25, 0.3) is 0 Å². The number of hydrogen-bond acceptors (Lipinski definition) is 2. The lowest BCUT2D eigenvalue weighted by atomic mass is 10.1. The molecule has 0 saturated heterocycles. The maximum Gasteiger partial charge on any atom is -0.0188 e. The topological polar surface area (TPSA) is 43.4 Å². The first-order valence-corrected chi connectivity index (χ1v) is 2.63. The molecule has 0 heterocycles. The normalized spacial score (nSPS) is 12.8. The van der Waals surface area contributed by atoms with Crippen molar-refractivity contribution in [2.24, 2.45) is 5.84 Å². The first kappa shape index (κ1) is 7.88. The zero-order valence-corrected chi connectivity index (χ0v) is 5.97. The average Bonchev–Trinajstić information content (AvgIpc) is 1.21. The van der Waals surface area contributed by atoms with Gasteiger partial charge in [0.1, 0.15) is 0 Å². The summed E-state index contributed by atoms with van der Waals surface area (Å²) in [6.45, 7) is 5.99. The Hall–Kier alpha value is -0.120. The molecule has 0 saturated carbocycles. The molecule has 0 atom stereocenters. The molecule has 8 heavy (non-hydrogen) atoms. The molecular formula is C5H14N3-. The van der Waals surface area contributed by atoms with Crippen molar-refractivity contribution in [2.75, 3.05) is 7.05 Å². The molecule has 0 spiro atoms. The molecule has 50 valence electrons. The van der Waals surface area contributed by atoms with Crippen molar-refractivity contribution in [3.8, 4) is 0 Å². The Kier molecular flexibility index (Phi) is 2.40. The SMILES string of the molecule is CN(N)[N-]C(C)(C)C. The van der Waals surface area contributed by atoms with E-state index in [9.17, 15) is 0 Å². The van der Waals surface area contributed by atoms with Crippen LogP contribution in [-0.4, -0.2) is 17.7 Å². The first-order chi connectivity index (χ1) is 3.42. The van der Waals surface area contributed by atoms with Gasteiger partial charge < -0.3 is 10.5 Å². The molecule has 0 bridgehead atoms. The van der Waals surface area contributed by atoms with Gasteiger partial charge in [-0.25, -0.2) is 0 Å². The van der Waals surface area contributed by atoms with Crippen molar-refractivity contribution in [1.29, 1.82) is 0 Å². The number of hydrazine groups is 1. The van der Waals surface area contributed by atoms with E-state index in [4.69, 9.17) is 5.84 Å². The van der Waals surface area contributed by atoms with Crippen molar-refractivity contribution in [3.05, 3.63) is 5.43 Å². The number of nitrogens with two attached hydrogens (primary N) is 1. The van der Waals surface area contributed by atoms with Crippen LogP contribution in [0.5, 0.6) is 0 Å². The molecule has 0 aromatic carbocycles. The fourth-order valence-corrected chi connectivity index (χ4v) is 0.473. The Morgan fingerprint density at radius 2 is 1.75 bits per heavy atom. The Morgan fingerprint density at radius 3 is 1.75 bits per heavy atom. The minimum Gasteiger partial charge on any atom is -0.575 e. The van der Waals surface area contributed by atoms with E-state index >= 15 is 0 Å². The molecule has 0 unspecified atom stereocenters. The Morgan fingerprint density at radius 1 is 1.38 bits per heavy atom. The molecule has 0 aliphatic carbocycles. The minimum absolute atomic E-state index is 0.0521. The first-order valence-electron chi connectivity index (χ1n) is 2.63. The second-order valence-electron chi connectivity index (χ2n) is 2.84. The van der Waals surface area contributed by atoms with Crippen LogP contribution in [0.4, 0.5) is 0 Å². The summed E-state index contributed by atoms with van der Waals surface area (Å²) in [5.74, 6) is 5.25. The molecule has 3 heteroatoms. The van der Waals surface area contributed by atoms with E-state index in [-0.39, 0.29) is 5.54 Å². The molecular weight excluding hydrogens is 102 g/mol. The lowest BCUT2D eigenvalue weighted by molar-refractivity contribution is 0.374. The van der Waals surface area contributed by atoms with Crippen molar-refractivity contribution < 1.29 is 0 Å². The standard InChI is InChI=1S/C5H14N3/c1-5(2,3)7-8(4)6/h6H2,1-4H3/q-1. The lowest BCUT2D eigenvalue weighted by Gasteiger charge is -2.41. The summed E-state index contributed by atoms with van der Waals surface area (Å²) in [5.41, 5.74) is 3.97. The highest BCUT2D eigenvalue weighted by atomic mass is 15.7. The third-order valence-corrected chi connectivity index (χ3v) is 0.458. The van der Waals surface area contributed by atoms with Crippen LogP contribution in [0.3, 0.4) is 0 Å². The molecule has 0 fully saturated rings. The smallest absolute Gasteiger partial charge is 0.0188 e. The van der Waals surface area contributed by atoms with Crippen LogP contribution < -0.4 is 5.84 Å². The van der Waals surface area contributed by atoms with Crippen LogP contribution >= 0.6 is 0 Å². The molecule has 0 aliphatic heterocycles. The van der Waals surface area contributed by atoms with E-state index in [1.165, 1.54) is 5.12 Å². The van der Waals surface area contributed by atoms with Gasteiger partial charge in [0.15, 0.2) is 0 Å². The molecule has 2 N–H and O–H groups in total. The Balaban J connectivity index is 3.39. The third kappa shape index (κ3) is 5.88. The van der Waals surface area contributed by atoms with Crippen molar-refractivity contribution in [1.82, 2.24) is 5.12 Å². The predicted molar refractivity (Wildman–Crippen MR) is 35.1 cm³/mol. The average molecular weight is 116 g/mol. The third-order valence-electron chi connectivity index (χ3n) is 0.458. The summed E-state index contributed by atoms with van der Waals surface area (Å²) >= 11 is 0. The zero-order valence-electron chi connectivity index (χ0n) is 5.97. The van der Waals surface area contributed by atoms with E-state index in [0.717, 1.165) is 0 Å². The number of rotatable bonds is 1. The number of nitrogens with zero attached hydrogens (tertiary/aromatic N) is 2. The largest absolute Gasteiger partial charge is 0.575 e. The second kappa shape index (κ2) is 2.44. The summed E-state index contributed by atoms with van der Waals surface area (Å²) in [6, 6.07) is 0. The summed E-state index contributed by atoms with van der Waals surface area (Å²) in [6.07, 6.45) is 0. The predicted octanol–water partition coefficient (Wildman–Crippen LogP) is 0.879. The summed E-state index contributed by atoms with van der Waals surface area (Å²) in [4.78, 5) is 0. The van der Waals surface area contributed by atoms with E-state index in [1.54, 1.807) is 7.05 Å². The van der Waals surface area contributed by atoms with E-state index in [0.29, 0.717) is 0 Å². The fourth-order valence-electron chi connectivity index (χ4n) is 0.473. The monoisotopic (exact) mass is 116 g/mol. The fraction of sp³-hybridized carbons (Fsp3) is 1.00. The van der Waals surface area contributed by atoms with Crippen LogP contribution in [-0.2, 0) is 0 Å². The van der Waals surface area contributed by atoms with E-state index in [2.05, 4.69) is 5.43 Å².